The van der Waals surface area contributed by atoms with Gasteiger partial charge in [-0.15, -0.1) is 0 Å². The van der Waals surface area contributed by atoms with Crippen LogP contribution in [0.3, 0.4) is 0 Å². The largest absolute Gasteiger partial charge is 0.238 e. The average molecular weight is 482 g/mol. The highest BCUT2D eigenvalue weighted by Crippen LogP contribution is 2.27. The number of halogens is 1. The van der Waals surface area contributed by atoms with E-state index in [2.05, 4.69) is 53.2 Å². The Bertz CT molecular complexity index is 1280. The Morgan fingerprint density at radius 3 is 2.17 bits per heavy atom. The number of sulfonamides is 1. The van der Waals surface area contributed by atoms with Gasteiger partial charge in [0.15, 0.2) is 0 Å². The monoisotopic (exact) mass is 481 g/mol. The van der Waals surface area contributed by atoms with Gasteiger partial charge in [0.05, 0.1) is 22.0 Å². The fourth-order valence-electron chi connectivity index (χ4n) is 3.23. The molecule has 1 aromatic heterocycles. The molecule has 0 bridgehead atoms. The van der Waals surface area contributed by atoms with Gasteiger partial charge in [-0.1, -0.05) is 57.9 Å². The Morgan fingerprint density at radius 1 is 0.933 bits per heavy atom. The lowest BCUT2D eigenvalue weighted by Gasteiger charge is -2.08. The molecule has 0 saturated carbocycles. The molecular weight excluding hydrogens is 462 g/mol. The molecule has 4 rings (SSSR count). The van der Waals surface area contributed by atoms with Crippen molar-refractivity contribution in [3.05, 3.63) is 100 Å². The second-order valence-corrected chi connectivity index (χ2v) is 9.62. The number of nitrogens with two attached hydrogens (primary N) is 1. The maximum atomic E-state index is 11.6. The molecule has 30 heavy (non-hydrogen) atoms. The molecule has 0 saturated heterocycles. The highest BCUT2D eigenvalue weighted by Gasteiger charge is 2.14. The van der Waals surface area contributed by atoms with Crippen LogP contribution in [-0.2, 0) is 16.4 Å². The van der Waals surface area contributed by atoms with Gasteiger partial charge in [0.2, 0.25) is 10.0 Å². The lowest BCUT2D eigenvalue weighted by Crippen LogP contribution is -2.12. The third kappa shape index (κ3) is 4.53. The summed E-state index contributed by atoms with van der Waals surface area (Å²) in [5.74, 6) is 0. The second-order valence-electron chi connectivity index (χ2n) is 7.14. The summed E-state index contributed by atoms with van der Waals surface area (Å²) in [6.07, 6.45) is 0.700. The van der Waals surface area contributed by atoms with Crippen molar-refractivity contribution in [1.82, 2.24) is 9.78 Å². The van der Waals surface area contributed by atoms with Gasteiger partial charge >= 0.3 is 0 Å². The molecule has 0 spiro atoms. The number of nitrogens with zero attached hydrogens (tertiary/aromatic N) is 2. The van der Waals surface area contributed by atoms with Crippen molar-refractivity contribution in [3.63, 3.8) is 0 Å². The molecule has 7 heteroatoms. The summed E-state index contributed by atoms with van der Waals surface area (Å²) in [6.45, 7) is 2.06. The van der Waals surface area contributed by atoms with Gasteiger partial charge in [0.25, 0.3) is 0 Å². The fraction of sp³-hybridized carbons (Fsp3) is 0.0870. The van der Waals surface area contributed by atoms with Crippen LogP contribution in [0.2, 0.25) is 0 Å². The Labute approximate surface area is 184 Å². The number of aryl methyl sites for hydroxylation is 1. The molecule has 0 atom stereocenters. The van der Waals surface area contributed by atoms with Crippen molar-refractivity contribution in [2.24, 2.45) is 5.14 Å². The van der Waals surface area contributed by atoms with Crippen LogP contribution in [-0.4, -0.2) is 18.2 Å². The van der Waals surface area contributed by atoms with Gasteiger partial charge in [-0.25, -0.2) is 18.2 Å². The van der Waals surface area contributed by atoms with E-state index < -0.39 is 10.0 Å². The van der Waals surface area contributed by atoms with E-state index >= 15 is 0 Å². The summed E-state index contributed by atoms with van der Waals surface area (Å²) in [5.41, 5.74) is 6.01. The van der Waals surface area contributed by atoms with E-state index in [4.69, 9.17) is 10.2 Å². The van der Waals surface area contributed by atoms with Crippen LogP contribution in [0.15, 0.2) is 88.2 Å². The summed E-state index contributed by atoms with van der Waals surface area (Å²) in [4.78, 5) is 0.0727. The van der Waals surface area contributed by atoms with Gasteiger partial charge in [-0.3, -0.25) is 0 Å². The summed E-state index contributed by atoms with van der Waals surface area (Å²) in [7, 11) is -3.74. The fourth-order valence-corrected chi connectivity index (χ4v) is 4.01. The zero-order valence-corrected chi connectivity index (χ0v) is 18.7. The normalized spacial score (nSPS) is 11.6. The summed E-state index contributed by atoms with van der Waals surface area (Å²) >= 11 is 3.47. The van der Waals surface area contributed by atoms with E-state index in [1.165, 1.54) is 23.3 Å². The van der Waals surface area contributed by atoms with E-state index in [9.17, 15) is 8.42 Å². The van der Waals surface area contributed by atoms with E-state index in [1.807, 2.05) is 28.9 Å². The summed E-state index contributed by atoms with van der Waals surface area (Å²) < 4.78 is 26.0. The topological polar surface area (TPSA) is 78.0 Å². The van der Waals surface area contributed by atoms with Crippen molar-refractivity contribution >= 4 is 26.0 Å². The zero-order valence-electron chi connectivity index (χ0n) is 16.3. The molecule has 0 fully saturated rings. The van der Waals surface area contributed by atoms with Gasteiger partial charge < -0.3 is 0 Å². The highest BCUT2D eigenvalue weighted by atomic mass is 79.9. The summed E-state index contributed by atoms with van der Waals surface area (Å²) in [5, 5.41) is 10.0. The maximum Gasteiger partial charge on any atom is 0.238 e. The molecule has 3 aromatic carbocycles. The Morgan fingerprint density at radius 2 is 1.57 bits per heavy atom. The minimum Gasteiger partial charge on any atom is -0.233 e. The molecule has 1 heterocycles. The quantitative estimate of drug-likeness (QED) is 0.442. The maximum absolute atomic E-state index is 11.6. The van der Waals surface area contributed by atoms with E-state index in [0.717, 1.165) is 27.1 Å². The molecule has 0 amide bonds. The van der Waals surface area contributed by atoms with Gasteiger partial charge in [-0.05, 0) is 55.0 Å². The van der Waals surface area contributed by atoms with Crippen molar-refractivity contribution in [3.8, 4) is 16.9 Å². The first-order chi connectivity index (χ1) is 14.3. The van der Waals surface area contributed by atoms with Crippen LogP contribution >= 0.6 is 15.9 Å². The highest BCUT2D eigenvalue weighted by molar-refractivity contribution is 9.10. The zero-order chi connectivity index (χ0) is 21.3. The Hall–Kier alpha value is -2.74. The van der Waals surface area contributed by atoms with Gasteiger partial charge in [-0.2, -0.15) is 5.10 Å². The molecule has 2 N–H and O–H groups in total. The summed E-state index contributed by atoms with van der Waals surface area (Å²) in [6, 6.07) is 24.9. The van der Waals surface area contributed by atoms with Crippen molar-refractivity contribution in [2.45, 2.75) is 18.2 Å². The minimum atomic E-state index is -3.74. The molecule has 0 aliphatic rings. The first kappa shape index (κ1) is 20.5. The van der Waals surface area contributed by atoms with Crippen LogP contribution in [0.1, 0.15) is 16.8 Å². The van der Waals surface area contributed by atoms with Crippen LogP contribution < -0.4 is 5.14 Å². The Balaban J connectivity index is 1.78. The van der Waals surface area contributed by atoms with Gasteiger partial charge in [0.1, 0.15) is 0 Å². The van der Waals surface area contributed by atoms with Crippen LogP contribution in [0.5, 0.6) is 0 Å². The predicted octanol–water partition coefficient (Wildman–Crippen LogP) is 4.85. The average Bonchev–Trinajstić information content (AvgIpc) is 3.13. The molecule has 4 aromatic rings. The molecular formula is C23H20BrN3O2S. The van der Waals surface area contributed by atoms with E-state index in [0.29, 0.717) is 6.42 Å². The number of benzene rings is 3. The number of hydrogen-bond donors (Lipinski definition) is 1. The SMILES string of the molecule is Cc1ccc(Cc2cc(-c3ccc(Br)cc3)n(-c3ccc(S(N)(=O)=O)cc3)n2)cc1. The first-order valence-electron chi connectivity index (χ1n) is 9.33. The van der Waals surface area contributed by atoms with E-state index in [-0.39, 0.29) is 4.90 Å². The van der Waals surface area contributed by atoms with Crippen molar-refractivity contribution < 1.29 is 8.42 Å². The van der Waals surface area contributed by atoms with Crippen molar-refractivity contribution in [2.75, 3.05) is 0 Å². The molecule has 152 valence electrons. The van der Waals surface area contributed by atoms with Crippen LogP contribution in [0, 0.1) is 6.92 Å². The van der Waals surface area contributed by atoms with Gasteiger partial charge in [0, 0.05) is 16.5 Å². The predicted molar refractivity (Wildman–Crippen MR) is 122 cm³/mol. The first-order valence-corrected chi connectivity index (χ1v) is 11.7. The second kappa shape index (κ2) is 8.18. The molecule has 0 unspecified atom stereocenters. The molecule has 5 nitrogen and oxygen atoms in total. The van der Waals surface area contributed by atoms with Crippen molar-refractivity contribution in [1.29, 1.82) is 0 Å². The molecule has 0 aliphatic carbocycles. The lowest BCUT2D eigenvalue weighted by molar-refractivity contribution is 0.598. The number of primary sulfonamides is 1. The number of rotatable bonds is 5. The van der Waals surface area contributed by atoms with Crippen LogP contribution in [0.4, 0.5) is 0 Å². The van der Waals surface area contributed by atoms with Crippen LogP contribution in [0.25, 0.3) is 16.9 Å². The third-order valence-corrected chi connectivity index (χ3v) is 6.27. The minimum absolute atomic E-state index is 0.0727. The lowest BCUT2D eigenvalue weighted by atomic mass is 10.1. The third-order valence-electron chi connectivity index (χ3n) is 4.82. The smallest absolute Gasteiger partial charge is 0.233 e. The standard InChI is InChI=1S/C23H20BrN3O2S/c1-16-2-4-17(5-3-16)14-20-15-23(18-6-8-19(24)9-7-18)27(26-20)21-10-12-22(13-11-21)30(25,28)29/h2-13,15H,14H2,1H3,(H2,25,28,29). The van der Waals surface area contributed by atoms with E-state index in [1.54, 1.807) is 12.1 Å². The number of aromatic nitrogens is 2. The molecule has 0 aliphatic heterocycles. The molecule has 0 radical (unpaired) electrons. The Kier molecular flexibility index (Phi) is 5.60. The number of hydrogen-bond acceptors (Lipinski definition) is 3.